The summed E-state index contributed by atoms with van der Waals surface area (Å²) in [6, 6.07) is 0.118. The third kappa shape index (κ3) is 3.35. The molecule has 0 saturated carbocycles. The Labute approximate surface area is 97.2 Å². The first-order chi connectivity index (χ1) is 7.86. The van der Waals surface area contributed by atoms with E-state index in [1.54, 1.807) is 0 Å². The normalized spacial score (nSPS) is 22.4. The number of piperazine rings is 1. The molecule has 0 aromatic carbocycles. The standard InChI is InChI=1S/C11H22N4O/c16-11(15-6-1-2-7-15)13-5-10-14-8-3-12-4-9-14/h12H,1-10H2,(H,13,16). The predicted molar refractivity (Wildman–Crippen MR) is 63.5 cm³/mol. The number of rotatable bonds is 3. The maximum atomic E-state index is 11.7. The molecule has 0 bridgehead atoms. The Morgan fingerprint density at radius 2 is 1.81 bits per heavy atom. The van der Waals surface area contributed by atoms with Gasteiger partial charge in [-0.05, 0) is 12.8 Å². The highest BCUT2D eigenvalue weighted by atomic mass is 16.2. The third-order valence-electron chi connectivity index (χ3n) is 3.31. The van der Waals surface area contributed by atoms with Gasteiger partial charge in [0.05, 0.1) is 0 Å². The van der Waals surface area contributed by atoms with Crippen molar-refractivity contribution in [2.24, 2.45) is 0 Å². The fourth-order valence-electron chi connectivity index (χ4n) is 2.29. The molecule has 2 N–H and O–H groups in total. The predicted octanol–water partition coefficient (Wildman–Crippen LogP) is -0.303. The Morgan fingerprint density at radius 1 is 1.12 bits per heavy atom. The van der Waals surface area contributed by atoms with Crippen LogP contribution >= 0.6 is 0 Å². The summed E-state index contributed by atoms with van der Waals surface area (Å²) in [6.07, 6.45) is 2.32. The summed E-state index contributed by atoms with van der Waals surface area (Å²) in [5, 5.41) is 6.32. The van der Waals surface area contributed by atoms with Crippen molar-refractivity contribution < 1.29 is 4.79 Å². The van der Waals surface area contributed by atoms with Crippen LogP contribution in [0.5, 0.6) is 0 Å². The first-order valence-electron chi connectivity index (χ1n) is 6.32. The van der Waals surface area contributed by atoms with E-state index in [-0.39, 0.29) is 6.03 Å². The lowest BCUT2D eigenvalue weighted by atomic mass is 10.3. The van der Waals surface area contributed by atoms with Gasteiger partial charge in [-0.15, -0.1) is 0 Å². The van der Waals surface area contributed by atoms with Gasteiger partial charge in [-0.25, -0.2) is 4.79 Å². The molecular weight excluding hydrogens is 204 g/mol. The van der Waals surface area contributed by atoms with Crippen molar-refractivity contribution in [2.45, 2.75) is 12.8 Å². The van der Waals surface area contributed by atoms with Crippen LogP contribution in [0.4, 0.5) is 4.79 Å². The summed E-state index contributed by atoms with van der Waals surface area (Å²) < 4.78 is 0. The number of nitrogens with zero attached hydrogens (tertiary/aromatic N) is 2. The second-order valence-electron chi connectivity index (χ2n) is 4.52. The molecule has 16 heavy (non-hydrogen) atoms. The van der Waals surface area contributed by atoms with Gasteiger partial charge in [0.2, 0.25) is 0 Å². The van der Waals surface area contributed by atoms with Gasteiger partial charge in [0.15, 0.2) is 0 Å². The molecule has 0 aromatic rings. The first kappa shape index (κ1) is 11.7. The number of amides is 2. The lowest BCUT2D eigenvalue weighted by molar-refractivity contribution is 0.202. The van der Waals surface area contributed by atoms with E-state index in [2.05, 4.69) is 15.5 Å². The summed E-state index contributed by atoms with van der Waals surface area (Å²) in [4.78, 5) is 16.0. The number of carbonyl (C=O) groups is 1. The average molecular weight is 226 g/mol. The van der Waals surface area contributed by atoms with Crippen molar-refractivity contribution in [3.05, 3.63) is 0 Å². The maximum absolute atomic E-state index is 11.7. The SMILES string of the molecule is O=C(NCCN1CCNCC1)N1CCCC1. The molecule has 2 aliphatic heterocycles. The first-order valence-corrected chi connectivity index (χ1v) is 6.32. The Kier molecular flexibility index (Phi) is 4.42. The molecule has 5 heteroatoms. The fraction of sp³-hybridized carbons (Fsp3) is 0.909. The molecule has 0 atom stereocenters. The molecule has 0 radical (unpaired) electrons. The summed E-state index contributed by atoms with van der Waals surface area (Å²) in [5.74, 6) is 0. The molecule has 92 valence electrons. The topological polar surface area (TPSA) is 47.6 Å². The van der Waals surface area contributed by atoms with Gasteiger partial charge >= 0.3 is 6.03 Å². The third-order valence-corrected chi connectivity index (χ3v) is 3.31. The maximum Gasteiger partial charge on any atom is 0.317 e. The quantitative estimate of drug-likeness (QED) is 0.694. The van der Waals surface area contributed by atoms with E-state index in [1.807, 2.05) is 4.90 Å². The lowest BCUT2D eigenvalue weighted by Gasteiger charge is -2.27. The molecular formula is C11H22N4O. The van der Waals surface area contributed by atoms with Gasteiger partial charge in [0.1, 0.15) is 0 Å². The van der Waals surface area contributed by atoms with Crippen LogP contribution in [0.1, 0.15) is 12.8 Å². The summed E-state index contributed by atoms with van der Waals surface area (Å²) in [5.41, 5.74) is 0. The highest BCUT2D eigenvalue weighted by Crippen LogP contribution is 2.06. The zero-order chi connectivity index (χ0) is 11.2. The van der Waals surface area contributed by atoms with Crippen molar-refractivity contribution in [3.8, 4) is 0 Å². The fourth-order valence-corrected chi connectivity index (χ4v) is 2.29. The summed E-state index contributed by atoms with van der Waals surface area (Å²) in [6.45, 7) is 7.94. The van der Waals surface area contributed by atoms with Gasteiger partial charge in [0, 0.05) is 52.4 Å². The van der Waals surface area contributed by atoms with Gasteiger partial charge < -0.3 is 15.5 Å². The minimum Gasteiger partial charge on any atom is -0.337 e. The average Bonchev–Trinajstić information content (AvgIpc) is 2.84. The van der Waals surface area contributed by atoms with E-state index in [9.17, 15) is 4.79 Å². The number of hydrogen-bond acceptors (Lipinski definition) is 3. The second kappa shape index (κ2) is 6.06. The second-order valence-corrected chi connectivity index (χ2v) is 4.52. The van der Waals surface area contributed by atoms with Crippen molar-refractivity contribution in [1.29, 1.82) is 0 Å². The molecule has 2 saturated heterocycles. The number of carbonyl (C=O) groups excluding carboxylic acids is 1. The van der Waals surface area contributed by atoms with Crippen LogP contribution in [0.25, 0.3) is 0 Å². The Morgan fingerprint density at radius 3 is 2.50 bits per heavy atom. The highest BCUT2D eigenvalue weighted by molar-refractivity contribution is 5.74. The van der Waals surface area contributed by atoms with Crippen molar-refractivity contribution in [3.63, 3.8) is 0 Å². The van der Waals surface area contributed by atoms with E-state index in [1.165, 1.54) is 0 Å². The number of hydrogen-bond donors (Lipinski definition) is 2. The van der Waals surface area contributed by atoms with Crippen LogP contribution in [0.3, 0.4) is 0 Å². The lowest BCUT2D eigenvalue weighted by Crippen LogP contribution is -2.47. The highest BCUT2D eigenvalue weighted by Gasteiger charge is 2.17. The zero-order valence-electron chi connectivity index (χ0n) is 9.87. The summed E-state index contributed by atoms with van der Waals surface area (Å²) >= 11 is 0. The number of urea groups is 1. The van der Waals surface area contributed by atoms with E-state index in [4.69, 9.17) is 0 Å². The molecule has 0 spiro atoms. The van der Waals surface area contributed by atoms with Crippen LogP contribution in [0.15, 0.2) is 0 Å². The largest absolute Gasteiger partial charge is 0.337 e. The van der Waals surface area contributed by atoms with Crippen LogP contribution in [0.2, 0.25) is 0 Å². The minimum absolute atomic E-state index is 0.118. The molecule has 0 unspecified atom stereocenters. The Hall–Kier alpha value is -0.810. The molecule has 2 fully saturated rings. The van der Waals surface area contributed by atoms with E-state index >= 15 is 0 Å². The molecule has 2 aliphatic rings. The van der Waals surface area contributed by atoms with Crippen LogP contribution in [-0.2, 0) is 0 Å². The van der Waals surface area contributed by atoms with Crippen LogP contribution in [0, 0.1) is 0 Å². The smallest absolute Gasteiger partial charge is 0.317 e. The molecule has 2 heterocycles. The Balaban J connectivity index is 1.57. The molecule has 0 aromatic heterocycles. The van der Waals surface area contributed by atoms with Crippen LogP contribution in [-0.4, -0.2) is 68.2 Å². The molecule has 2 rings (SSSR count). The summed E-state index contributed by atoms with van der Waals surface area (Å²) in [7, 11) is 0. The van der Waals surface area contributed by atoms with Gasteiger partial charge in [0.25, 0.3) is 0 Å². The van der Waals surface area contributed by atoms with Gasteiger partial charge in [-0.1, -0.05) is 0 Å². The number of nitrogens with one attached hydrogen (secondary N) is 2. The minimum atomic E-state index is 0.118. The molecule has 0 aliphatic carbocycles. The van der Waals surface area contributed by atoms with E-state index in [0.29, 0.717) is 0 Å². The Bertz CT molecular complexity index is 222. The van der Waals surface area contributed by atoms with Crippen molar-refractivity contribution in [2.75, 3.05) is 52.4 Å². The van der Waals surface area contributed by atoms with E-state index < -0.39 is 0 Å². The monoisotopic (exact) mass is 226 g/mol. The molecule has 5 nitrogen and oxygen atoms in total. The van der Waals surface area contributed by atoms with Crippen molar-refractivity contribution >= 4 is 6.03 Å². The van der Waals surface area contributed by atoms with E-state index in [0.717, 1.165) is 65.2 Å². The van der Waals surface area contributed by atoms with Crippen molar-refractivity contribution in [1.82, 2.24) is 20.4 Å². The van der Waals surface area contributed by atoms with Gasteiger partial charge in [-0.2, -0.15) is 0 Å². The van der Waals surface area contributed by atoms with Gasteiger partial charge in [-0.3, -0.25) is 4.90 Å². The number of likely N-dealkylation sites (tertiary alicyclic amines) is 1. The zero-order valence-corrected chi connectivity index (χ0v) is 9.87. The van der Waals surface area contributed by atoms with Crippen LogP contribution < -0.4 is 10.6 Å². The molecule has 2 amide bonds.